The van der Waals surface area contributed by atoms with E-state index in [9.17, 15) is 9.59 Å². The standard InChI is InChI=1S/C12H13NO5/c1-2-13-11(14)6-16-12(15)8-3-4-9-10(5-8)18-7-17-9/h3-5H,2,6-7H2,1H3,(H,13,14). The number of hydrogen-bond donors (Lipinski definition) is 1. The van der Waals surface area contributed by atoms with E-state index in [0.717, 1.165) is 0 Å². The Morgan fingerprint density at radius 1 is 1.33 bits per heavy atom. The number of ether oxygens (including phenoxy) is 3. The summed E-state index contributed by atoms with van der Waals surface area (Å²) in [6, 6.07) is 4.72. The monoisotopic (exact) mass is 251 g/mol. The van der Waals surface area contributed by atoms with E-state index < -0.39 is 5.97 Å². The van der Waals surface area contributed by atoms with E-state index >= 15 is 0 Å². The van der Waals surface area contributed by atoms with Crippen molar-refractivity contribution >= 4 is 11.9 Å². The first-order valence-electron chi connectivity index (χ1n) is 5.54. The second kappa shape index (κ2) is 5.39. The van der Waals surface area contributed by atoms with Crippen molar-refractivity contribution < 1.29 is 23.8 Å². The number of rotatable bonds is 4. The fourth-order valence-electron chi connectivity index (χ4n) is 1.49. The van der Waals surface area contributed by atoms with Crippen LogP contribution in [0.3, 0.4) is 0 Å². The van der Waals surface area contributed by atoms with Gasteiger partial charge in [-0.25, -0.2) is 4.79 Å². The number of nitrogens with one attached hydrogen (secondary N) is 1. The average molecular weight is 251 g/mol. The quantitative estimate of drug-likeness (QED) is 0.798. The molecular weight excluding hydrogens is 238 g/mol. The number of benzene rings is 1. The summed E-state index contributed by atoms with van der Waals surface area (Å²) in [5.74, 6) is 0.198. The van der Waals surface area contributed by atoms with Crippen molar-refractivity contribution in [1.29, 1.82) is 0 Å². The summed E-state index contributed by atoms with van der Waals surface area (Å²) in [5.41, 5.74) is 0.323. The molecule has 0 spiro atoms. The number of likely N-dealkylation sites (N-methyl/N-ethyl adjacent to an activating group) is 1. The zero-order valence-electron chi connectivity index (χ0n) is 9.89. The smallest absolute Gasteiger partial charge is 0.338 e. The molecule has 0 aliphatic carbocycles. The fraction of sp³-hybridized carbons (Fsp3) is 0.333. The van der Waals surface area contributed by atoms with Crippen LogP contribution in [0.25, 0.3) is 0 Å². The van der Waals surface area contributed by atoms with Gasteiger partial charge in [-0.1, -0.05) is 0 Å². The Morgan fingerprint density at radius 2 is 2.11 bits per heavy atom. The van der Waals surface area contributed by atoms with Gasteiger partial charge in [-0.05, 0) is 25.1 Å². The highest BCUT2D eigenvalue weighted by Crippen LogP contribution is 2.32. The van der Waals surface area contributed by atoms with Crippen LogP contribution in [0.2, 0.25) is 0 Å². The first-order valence-corrected chi connectivity index (χ1v) is 5.54. The van der Waals surface area contributed by atoms with Gasteiger partial charge in [0.25, 0.3) is 5.91 Å². The van der Waals surface area contributed by atoms with E-state index in [0.29, 0.717) is 23.6 Å². The van der Waals surface area contributed by atoms with Gasteiger partial charge >= 0.3 is 5.97 Å². The molecular formula is C12H13NO5. The minimum atomic E-state index is -0.570. The number of amides is 1. The Labute approximate surface area is 104 Å². The molecule has 1 amide bonds. The maximum atomic E-state index is 11.7. The molecule has 0 aromatic heterocycles. The molecule has 0 unspecified atom stereocenters. The van der Waals surface area contributed by atoms with Gasteiger partial charge in [-0.3, -0.25) is 4.79 Å². The molecule has 1 heterocycles. The predicted octanol–water partition coefficient (Wildman–Crippen LogP) is 0.708. The molecule has 2 rings (SSSR count). The molecule has 0 bridgehead atoms. The van der Waals surface area contributed by atoms with E-state index in [2.05, 4.69) is 5.32 Å². The number of carbonyl (C=O) groups excluding carboxylic acids is 2. The average Bonchev–Trinajstić information content (AvgIpc) is 2.83. The third-order valence-corrected chi connectivity index (χ3v) is 2.32. The van der Waals surface area contributed by atoms with Crippen molar-refractivity contribution in [3.63, 3.8) is 0 Å². The van der Waals surface area contributed by atoms with Crippen LogP contribution in [0.4, 0.5) is 0 Å². The van der Waals surface area contributed by atoms with E-state index in [-0.39, 0.29) is 19.3 Å². The summed E-state index contributed by atoms with van der Waals surface area (Å²) in [6.07, 6.45) is 0. The van der Waals surface area contributed by atoms with Gasteiger partial charge in [0.1, 0.15) is 0 Å². The second-order valence-corrected chi connectivity index (χ2v) is 3.60. The Hall–Kier alpha value is -2.24. The number of hydrogen-bond acceptors (Lipinski definition) is 5. The number of fused-ring (bicyclic) bond motifs is 1. The molecule has 1 aromatic carbocycles. The molecule has 1 aromatic rings. The molecule has 18 heavy (non-hydrogen) atoms. The topological polar surface area (TPSA) is 73.9 Å². The summed E-state index contributed by atoms with van der Waals surface area (Å²) in [4.78, 5) is 22.8. The van der Waals surface area contributed by atoms with Crippen molar-refractivity contribution in [2.24, 2.45) is 0 Å². The van der Waals surface area contributed by atoms with Gasteiger partial charge < -0.3 is 19.5 Å². The molecule has 6 heteroatoms. The molecule has 0 atom stereocenters. The molecule has 0 radical (unpaired) electrons. The van der Waals surface area contributed by atoms with Gasteiger partial charge in [-0.15, -0.1) is 0 Å². The van der Waals surface area contributed by atoms with Crippen molar-refractivity contribution in [1.82, 2.24) is 5.32 Å². The van der Waals surface area contributed by atoms with Crippen LogP contribution in [0, 0.1) is 0 Å². The highest BCUT2D eigenvalue weighted by molar-refractivity contribution is 5.92. The summed E-state index contributed by atoms with van der Waals surface area (Å²) >= 11 is 0. The van der Waals surface area contributed by atoms with E-state index in [1.54, 1.807) is 19.1 Å². The Morgan fingerprint density at radius 3 is 2.89 bits per heavy atom. The Balaban J connectivity index is 1.95. The third kappa shape index (κ3) is 2.71. The van der Waals surface area contributed by atoms with Crippen LogP contribution in [-0.4, -0.2) is 31.8 Å². The Bertz CT molecular complexity index is 472. The predicted molar refractivity (Wildman–Crippen MR) is 61.5 cm³/mol. The van der Waals surface area contributed by atoms with Gasteiger partial charge in [0.2, 0.25) is 6.79 Å². The normalized spacial score (nSPS) is 12.1. The molecule has 96 valence electrons. The number of carbonyl (C=O) groups is 2. The molecule has 1 N–H and O–H groups in total. The van der Waals surface area contributed by atoms with Crippen LogP contribution in [0.5, 0.6) is 11.5 Å². The van der Waals surface area contributed by atoms with Crippen molar-refractivity contribution in [3.05, 3.63) is 23.8 Å². The SMILES string of the molecule is CCNC(=O)COC(=O)c1ccc2c(c1)OCO2. The fourth-order valence-corrected chi connectivity index (χ4v) is 1.49. The molecule has 1 aliphatic rings. The van der Waals surface area contributed by atoms with Gasteiger partial charge in [0, 0.05) is 6.54 Å². The van der Waals surface area contributed by atoms with Crippen LogP contribution in [0.15, 0.2) is 18.2 Å². The van der Waals surface area contributed by atoms with Crippen LogP contribution in [-0.2, 0) is 9.53 Å². The highest BCUT2D eigenvalue weighted by atomic mass is 16.7. The lowest BCUT2D eigenvalue weighted by molar-refractivity contribution is -0.124. The van der Waals surface area contributed by atoms with E-state index in [1.807, 2.05) is 0 Å². The minimum Gasteiger partial charge on any atom is -0.454 e. The lowest BCUT2D eigenvalue weighted by Crippen LogP contribution is -2.28. The molecule has 6 nitrogen and oxygen atoms in total. The highest BCUT2D eigenvalue weighted by Gasteiger charge is 2.17. The maximum absolute atomic E-state index is 11.7. The van der Waals surface area contributed by atoms with Crippen LogP contribution in [0.1, 0.15) is 17.3 Å². The molecule has 0 saturated heterocycles. The summed E-state index contributed by atoms with van der Waals surface area (Å²) < 4.78 is 15.1. The van der Waals surface area contributed by atoms with E-state index in [1.165, 1.54) is 6.07 Å². The minimum absolute atomic E-state index is 0.146. The van der Waals surface area contributed by atoms with Crippen LogP contribution < -0.4 is 14.8 Å². The first kappa shape index (κ1) is 12.2. The lowest BCUT2D eigenvalue weighted by Gasteiger charge is -2.05. The first-order chi connectivity index (χ1) is 8.70. The zero-order valence-corrected chi connectivity index (χ0v) is 9.89. The number of esters is 1. The summed E-state index contributed by atoms with van der Waals surface area (Å²) in [7, 11) is 0. The maximum Gasteiger partial charge on any atom is 0.338 e. The van der Waals surface area contributed by atoms with Crippen molar-refractivity contribution in [2.45, 2.75) is 6.92 Å². The Kier molecular flexibility index (Phi) is 3.66. The molecule has 1 aliphatic heterocycles. The zero-order chi connectivity index (χ0) is 13.0. The van der Waals surface area contributed by atoms with E-state index in [4.69, 9.17) is 14.2 Å². The summed E-state index contributed by atoms with van der Waals surface area (Å²) in [6.45, 7) is 2.14. The second-order valence-electron chi connectivity index (χ2n) is 3.60. The van der Waals surface area contributed by atoms with Crippen molar-refractivity contribution in [3.8, 4) is 11.5 Å². The largest absolute Gasteiger partial charge is 0.454 e. The molecule has 0 fully saturated rings. The lowest BCUT2D eigenvalue weighted by atomic mass is 10.2. The van der Waals surface area contributed by atoms with Crippen molar-refractivity contribution in [2.75, 3.05) is 19.9 Å². The molecule has 0 saturated carbocycles. The van der Waals surface area contributed by atoms with Gasteiger partial charge in [0.05, 0.1) is 5.56 Å². The third-order valence-electron chi connectivity index (χ3n) is 2.32. The van der Waals surface area contributed by atoms with Crippen LogP contribution >= 0.6 is 0 Å². The summed E-state index contributed by atoms with van der Waals surface area (Å²) in [5, 5.41) is 2.53. The van der Waals surface area contributed by atoms with Gasteiger partial charge in [-0.2, -0.15) is 0 Å². The van der Waals surface area contributed by atoms with Gasteiger partial charge in [0.15, 0.2) is 18.1 Å².